The molecule has 0 saturated heterocycles. The van der Waals surface area contributed by atoms with E-state index in [1.807, 2.05) is 6.92 Å². The maximum absolute atomic E-state index is 10.9. The number of hydrogen-bond donors (Lipinski definition) is 2. The third kappa shape index (κ3) is 9.79. The Bertz CT molecular complexity index is 214. The second-order valence-corrected chi connectivity index (χ2v) is 5.63. The highest BCUT2D eigenvalue weighted by Crippen LogP contribution is 1.91. The van der Waals surface area contributed by atoms with Gasteiger partial charge in [-0.3, -0.25) is 0 Å². The van der Waals surface area contributed by atoms with E-state index in [2.05, 4.69) is 5.32 Å². The zero-order valence-electron chi connectivity index (χ0n) is 8.41. The van der Waals surface area contributed by atoms with Crippen molar-refractivity contribution in [1.82, 2.24) is 5.32 Å². The summed E-state index contributed by atoms with van der Waals surface area (Å²) < 4.78 is 21.7. The summed E-state index contributed by atoms with van der Waals surface area (Å²) in [6.45, 7) is 3.42. The fourth-order valence-corrected chi connectivity index (χ4v) is 2.16. The molecule has 0 bridgehead atoms. The van der Waals surface area contributed by atoms with E-state index in [9.17, 15) is 8.42 Å². The SMILES string of the molecule is CC(CS(C)(=O)=O)NCCCCN. The first-order chi connectivity index (χ1) is 5.95. The van der Waals surface area contributed by atoms with Gasteiger partial charge in [0.15, 0.2) is 0 Å². The number of sulfone groups is 1. The van der Waals surface area contributed by atoms with Crippen LogP contribution in [0, 0.1) is 0 Å². The first kappa shape index (κ1) is 12.9. The van der Waals surface area contributed by atoms with E-state index < -0.39 is 9.84 Å². The van der Waals surface area contributed by atoms with Crippen LogP contribution in [0.25, 0.3) is 0 Å². The Balaban J connectivity index is 3.47. The van der Waals surface area contributed by atoms with Crippen molar-refractivity contribution in [3.05, 3.63) is 0 Å². The minimum atomic E-state index is -2.85. The molecule has 0 saturated carbocycles. The topological polar surface area (TPSA) is 72.2 Å². The van der Waals surface area contributed by atoms with Crippen molar-refractivity contribution in [3.8, 4) is 0 Å². The van der Waals surface area contributed by atoms with Crippen molar-refractivity contribution in [1.29, 1.82) is 0 Å². The summed E-state index contributed by atoms with van der Waals surface area (Å²) in [6, 6.07) is 0.0350. The fraction of sp³-hybridized carbons (Fsp3) is 1.00. The first-order valence-corrected chi connectivity index (χ1v) is 6.63. The summed E-state index contributed by atoms with van der Waals surface area (Å²) in [7, 11) is -2.85. The van der Waals surface area contributed by atoms with Crippen LogP contribution in [-0.2, 0) is 9.84 Å². The summed E-state index contributed by atoms with van der Waals surface area (Å²) in [6.07, 6.45) is 3.24. The van der Waals surface area contributed by atoms with Gasteiger partial charge in [-0.2, -0.15) is 0 Å². The minimum Gasteiger partial charge on any atom is -0.330 e. The van der Waals surface area contributed by atoms with Crippen LogP contribution in [0.3, 0.4) is 0 Å². The lowest BCUT2D eigenvalue weighted by Crippen LogP contribution is -2.33. The lowest BCUT2D eigenvalue weighted by Gasteiger charge is -2.11. The molecule has 0 heterocycles. The van der Waals surface area contributed by atoms with Crippen LogP contribution in [0.4, 0.5) is 0 Å². The number of hydrogen-bond acceptors (Lipinski definition) is 4. The molecule has 13 heavy (non-hydrogen) atoms. The van der Waals surface area contributed by atoms with Gasteiger partial charge < -0.3 is 11.1 Å². The molecule has 0 aromatic rings. The molecule has 0 aliphatic heterocycles. The van der Waals surface area contributed by atoms with Crippen molar-refractivity contribution in [2.75, 3.05) is 25.1 Å². The predicted molar refractivity (Wildman–Crippen MR) is 55.5 cm³/mol. The molecule has 0 radical (unpaired) electrons. The van der Waals surface area contributed by atoms with Crippen molar-refractivity contribution in [3.63, 3.8) is 0 Å². The smallest absolute Gasteiger partial charge is 0.148 e. The Morgan fingerprint density at radius 2 is 2.00 bits per heavy atom. The van der Waals surface area contributed by atoms with Crippen molar-refractivity contribution in [2.24, 2.45) is 5.73 Å². The maximum Gasteiger partial charge on any atom is 0.148 e. The first-order valence-electron chi connectivity index (χ1n) is 4.57. The van der Waals surface area contributed by atoms with Gasteiger partial charge in [0.25, 0.3) is 0 Å². The molecule has 0 aromatic carbocycles. The van der Waals surface area contributed by atoms with Gasteiger partial charge in [-0.15, -0.1) is 0 Å². The van der Waals surface area contributed by atoms with E-state index in [0.717, 1.165) is 19.4 Å². The third-order valence-corrected chi connectivity index (χ3v) is 2.78. The summed E-state index contributed by atoms with van der Waals surface area (Å²) in [5.41, 5.74) is 5.32. The highest BCUT2D eigenvalue weighted by Gasteiger charge is 2.08. The highest BCUT2D eigenvalue weighted by molar-refractivity contribution is 7.90. The number of rotatable bonds is 7. The lowest BCUT2D eigenvalue weighted by atomic mass is 10.3. The maximum atomic E-state index is 10.9. The molecule has 5 heteroatoms. The van der Waals surface area contributed by atoms with Crippen molar-refractivity contribution < 1.29 is 8.42 Å². The van der Waals surface area contributed by atoms with Crippen LogP contribution in [0.2, 0.25) is 0 Å². The van der Waals surface area contributed by atoms with E-state index in [4.69, 9.17) is 5.73 Å². The van der Waals surface area contributed by atoms with Gasteiger partial charge in [-0.25, -0.2) is 8.42 Å². The quantitative estimate of drug-likeness (QED) is 0.566. The summed E-state index contributed by atoms with van der Waals surface area (Å²) >= 11 is 0. The van der Waals surface area contributed by atoms with E-state index in [1.165, 1.54) is 6.26 Å². The van der Waals surface area contributed by atoms with Crippen LogP contribution in [0.15, 0.2) is 0 Å². The number of nitrogens with one attached hydrogen (secondary N) is 1. The Morgan fingerprint density at radius 3 is 2.46 bits per heavy atom. The van der Waals surface area contributed by atoms with Gasteiger partial charge in [0.1, 0.15) is 9.84 Å². The molecule has 4 nitrogen and oxygen atoms in total. The zero-order chi connectivity index (χ0) is 10.3. The van der Waals surface area contributed by atoms with Gasteiger partial charge in [0.2, 0.25) is 0 Å². The molecule has 80 valence electrons. The van der Waals surface area contributed by atoms with Gasteiger partial charge in [0, 0.05) is 12.3 Å². The normalized spacial score (nSPS) is 14.4. The second-order valence-electron chi connectivity index (χ2n) is 3.44. The molecule has 0 rings (SSSR count). The molecule has 1 atom stereocenters. The summed E-state index contributed by atoms with van der Waals surface area (Å²) in [5, 5.41) is 3.14. The van der Waals surface area contributed by atoms with Gasteiger partial charge >= 0.3 is 0 Å². The molecule has 0 aromatic heterocycles. The lowest BCUT2D eigenvalue weighted by molar-refractivity contribution is 0.545. The number of nitrogens with two attached hydrogens (primary N) is 1. The average Bonchev–Trinajstić information content (AvgIpc) is 1.94. The fourth-order valence-electron chi connectivity index (χ4n) is 1.13. The third-order valence-electron chi connectivity index (χ3n) is 1.68. The van der Waals surface area contributed by atoms with Crippen LogP contribution >= 0.6 is 0 Å². The summed E-state index contributed by atoms with van der Waals surface area (Å²) in [4.78, 5) is 0. The largest absolute Gasteiger partial charge is 0.330 e. The van der Waals surface area contributed by atoms with Crippen LogP contribution < -0.4 is 11.1 Å². The molecular formula is C8H20N2O2S. The highest BCUT2D eigenvalue weighted by atomic mass is 32.2. The van der Waals surface area contributed by atoms with E-state index in [-0.39, 0.29) is 11.8 Å². The number of unbranched alkanes of at least 4 members (excludes halogenated alkanes) is 1. The van der Waals surface area contributed by atoms with Crippen LogP contribution in [0.5, 0.6) is 0 Å². The van der Waals surface area contributed by atoms with Crippen molar-refractivity contribution in [2.45, 2.75) is 25.8 Å². The zero-order valence-corrected chi connectivity index (χ0v) is 9.23. The molecule has 0 amide bonds. The van der Waals surface area contributed by atoms with Gasteiger partial charge in [0.05, 0.1) is 5.75 Å². The monoisotopic (exact) mass is 208 g/mol. The van der Waals surface area contributed by atoms with E-state index in [1.54, 1.807) is 0 Å². The molecule has 0 fully saturated rings. The minimum absolute atomic E-state index is 0.0350. The standard InChI is InChI=1S/C8H20N2O2S/c1-8(7-13(2,11)12)10-6-4-3-5-9/h8,10H,3-7,9H2,1-2H3. The molecule has 0 aliphatic rings. The summed E-state index contributed by atoms with van der Waals surface area (Å²) in [5.74, 6) is 0.204. The molecule has 0 aliphatic carbocycles. The predicted octanol–water partition coefficient (Wildman–Crippen LogP) is -0.252. The Morgan fingerprint density at radius 1 is 1.38 bits per heavy atom. The Kier molecular flexibility index (Phi) is 6.28. The van der Waals surface area contributed by atoms with Crippen molar-refractivity contribution >= 4 is 9.84 Å². The van der Waals surface area contributed by atoms with E-state index in [0.29, 0.717) is 6.54 Å². The Hall–Kier alpha value is -0.130. The average molecular weight is 208 g/mol. The van der Waals surface area contributed by atoms with Gasteiger partial charge in [-0.1, -0.05) is 0 Å². The van der Waals surface area contributed by atoms with Crippen LogP contribution in [0.1, 0.15) is 19.8 Å². The molecule has 3 N–H and O–H groups in total. The van der Waals surface area contributed by atoms with E-state index >= 15 is 0 Å². The second kappa shape index (κ2) is 6.34. The van der Waals surface area contributed by atoms with Gasteiger partial charge in [-0.05, 0) is 32.9 Å². The molecule has 0 spiro atoms. The molecular weight excluding hydrogens is 188 g/mol. The molecule has 1 unspecified atom stereocenters. The Labute approximate surface area is 80.8 Å². The van der Waals surface area contributed by atoms with Crippen LogP contribution in [-0.4, -0.2) is 39.6 Å².